The van der Waals surface area contributed by atoms with Gasteiger partial charge in [0.05, 0.1) is 11.7 Å². The van der Waals surface area contributed by atoms with Crippen LogP contribution in [0.5, 0.6) is 0 Å². The molecule has 0 aliphatic heterocycles. The lowest BCUT2D eigenvalue weighted by Gasteiger charge is -2.27. The molecule has 0 bridgehead atoms. The molecular formula is C18H33N3. The van der Waals surface area contributed by atoms with Gasteiger partial charge in [0.1, 0.15) is 0 Å². The van der Waals surface area contributed by atoms with Crippen LogP contribution in [0.15, 0.2) is 12.3 Å². The summed E-state index contributed by atoms with van der Waals surface area (Å²) >= 11 is 0. The van der Waals surface area contributed by atoms with E-state index < -0.39 is 0 Å². The van der Waals surface area contributed by atoms with Crippen LogP contribution in [-0.4, -0.2) is 22.4 Å². The maximum absolute atomic E-state index is 4.86. The zero-order valence-corrected chi connectivity index (χ0v) is 14.3. The van der Waals surface area contributed by atoms with E-state index in [2.05, 4.69) is 50.0 Å². The van der Waals surface area contributed by atoms with Gasteiger partial charge in [-0.1, -0.05) is 40.5 Å². The summed E-state index contributed by atoms with van der Waals surface area (Å²) in [5, 5.41) is 8.59. The molecule has 1 aliphatic rings. The summed E-state index contributed by atoms with van der Waals surface area (Å²) in [5.41, 5.74) is 1.25. The minimum Gasteiger partial charge on any atom is -0.313 e. The average molecular weight is 291 g/mol. The number of rotatable bonds is 8. The van der Waals surface area contributed by atoms with Gasteiger partial charge in [0.2, 0.25) is 0 Å². The molecule has 2 atom stereocenters. The molecule has 3 heteroatoms. The van der Waals surface area contributed by atoms with Crippen LogP contribution in [0.3, 0.4) is 0 Å². The Kier molecular flexibility index (Phi) is 6.28. The van der Waals surface area contributed by atoms with Gasteiger partial charge >= 0.3 is 0 Å². The summed E-state index contributed by atoms with van der Waals surface area (Å²) in [6, 6.07) is 3.42. The highest BCUT2D eigenvalue weighted by atomic mass is 15.3. The van der Waals surface area contributed by atoms with Gasteiger partial charge in [-0.05, 0) is 43.7 Å². The lowest BCUT2D eigenvalue weighted by atomic mass is 9.87. The Labute approximate surface area is 130 Å². The molecule has 0 amide bonds. The molecular weight excluding hydrogens is 258 g/mol. The molecule has 1 aromatic heterocycles. The minimum atomic E-state index is 0.539. The van der Waals surface area contributed by atoms with E-state index in [4.69, 9.17) is 5.10 Å². The molecule has 0 aromatic carbocycles. The van der Waals surface area contributed by atoms with Crippen molar-refractivity contribution in [2.24, 2.45) is 11.8 Å². The summed E-state index contributed by atoms with van der Waals surface area (Å²) in [5.74, 6) is 1.38. The number of aromatic nitrogens is 2. The third kappa shape index (κ3) is 4.57. The van der Waals surface area contributed by atoms with Gasteiger partial charge in [-0.25, -0.2) is 0 Å². The predicted octanol–water partition coefficient (Wildman–Crippen LogP) is 4.20. The highest BCUT2D eigenvalue weighted by Crippen LogP contribution is 2.29. The van der Waals surface area contributed by atoms with Gasteiger partial charge in [-0.15, -0.1) is 0 Å². The van der Waals surface area contributed by atoms with E-state index in [-0.39, 0.29) is 0 Å². The van der Waals surface area contributed by atoms with Crippen molar-refractivity contribution in [2.75, 3.05) is 6.54 Å². The van der Waals surface area contributed by atoms with Crippen LogP contribution in [0, 0.1) is 11.8 Å². The third-order valence-electron chi connectivity index (χ3n) is 5.13. The summed E-state index contributed by atoms with van der Waals surface area (Å²) in [6.45, 7) is 10.3. The molecule has 2 unspecified atom stereocenters. The van der Waals surface area contributed by atoms with Crippen molar-refractivity contribution in [2.45, 2.75) is 78.3 Å². The highest BCUT2D eigenvalue weighted by Gasteiger charge is 2.22. The number of hydrogen-bond donors (Lipinski definition) is 1. The van der Waals surface area contributed by atoms with Crippen molar-refractivity contribution in [1.29, 1.82) is 0 Å². The predicted molar refractivity (Wildman–Crippen MR) is 89.5 cm³/mol. The van der Waals surface area contributed by atoms with E-state index in [1.807, 2.05) is 0 Å². The van der Waals surface area contributed by atoms with Crippen LogP contribution >= 0.6 is 0 Å². The van der Waals surface area contributed by atoms with Gasteiger partial charge in [0, 0.05) is 18.7 Å². The van der Waals surface area contributed by atoms with Crippen LogP contribution in [0.4, 0.5) is 0 Å². The summed E-state index contributed by atoms with van der Waals surface area (Å²) < 4.78 is 2.22. The maximum atomic E-state index is 4.86. The Morgan fingerprint density at radius 1 is 1.29 bits per heavy atom. The average Bonchev–Trinajstić information content (AvgIpc) is 3.13. The molecule has 1 aromatic rings. The van der Waals surface area contributed by atoms with Crippen LogP contribution in [0.25, 0.3) is 0 Å². The van der Waals surface area contributed by atoms with Crippen molar-refractivity contribution < 1.29 is 0 Å². The fraction of sp³-hybridized carbons (Fsp3) is 0.833. The molecule has 1 heterocycles. The fourth-order valence-corrected chi connectivity index (χ4v) is 3.32. The summed E-state index contributed by atoms with van der Waals surface area (Å²) in [6.07, 6.45) is 9.79. The van der Waals surface area contributed by atoms with Crippen molar-refractivity contribution in [3.63, 3.8) is 0 Å². The Bertz CT molecular complexity index is 404. The van der Waals surface area contributed by atoms with Crippen LogP contribution in [-0.2, 0) is 6.42 Å². The molecule has 1 aliphatic carbocycles. The number of nitrogens with one attached hydrogen (secondary N) is 1. The molecule has 1 fully saturated rings. The van der Waals surface area contributed by atoms with Gasteiger partial charge in [0.25, 0.3) is 0 Å². The summed E-state index contributed by atoms with van der Waals surface area (Å²) in [4.78, 5) is 0. The second-order valence-corrected chi connectivity index (χ2v) is 7.09. The first-order valence-electron chi connectivity index (χ1n) is 8.89. The van der Waals surface area contributed by atoms with Crippen molar-refractivity contribution in [3.8, 4) is 0 Å². The van der Waals surface area contributed by atoms with E-state index >= 15 is 0 Å². The topological polar surface area (TPSA) is 29.9 Å². The molecule has 21 heavy (non-hydrogen) atoms. The summed E-state index contributed by atoms with van der Waals surface area (Å²) in [7, 11) is 0. The van der Waals surface area contributed by atoms with Gasteiger partial charge < -0.3 is 5.32 Å². The number of hydrogen-bond acceptors (Lipinski definition) is 2. The van der Waals surface area contributed by atoms with Crippen LogP contribution in [0.2, 0.25) is 0 Å². The highest BCUT2D eigenvalue weighted by molar-refractivity contribution is 5.03. The fourth-order valence-electron chi connectivity index (χ4n) is 3.32. The molecule has 1 saturated carbocycles. The monoisotopic (exact) mass is 291 g/mol. The van der Waals surface area contributed by atoms with E-state index in [9.17, 15) is 0 Å². The first-order valence-corrected chi connectivity index (χ1v) is 8.89. The van der Waals surface area contributed by atoms with E-state index in [1.54, 1.807) is 0 Å². The zero-order valence-electron chi connectivity index (χ0n) is 14.3. The van der Waals surface area contributed by atoms with Gasteiger partial charge in [-0.3, -0.25) is 4.68 Å². The third-order valence-corrected chi connectivity index (χ3v) is 5.13. The first-order chi connectivity index (χ1) is 10.1. The van der Waals surface area contributed by atoms with Crippen LogP contribution < -0.4 is 5.32 Å². The Balaban J connectivity index is 1.98. The molecule has 2 rings (SSSR count). The first kappa shape index (κ1) is 16.5. The zero-order chi connectivity index (χ0) is 15.2. The van der Waals surface area contributed by atoms with Crippen molar-refractivity contribution in [3.05, 3.63) is 18.0 Å². The van der Waals surface area contributed by atoms with Gasteiger partial charge in [0.15, 0.2) is 0 Å². The Hall–Kier alpha value is -0.830. The van der Waals surface area contributed by atoms with Crippen molar-refractivity contribution >= 4 is 0 Å². The minimum absolute atomic E-state index is 0.539. The standard InChI is InChI=1S/C18H33N3/c1-5-11-19-18(15(4)14(2)3)13-16-10-12-21(20-16)17-8-6-7-9-17/h10,12,14-15,17-19H,5-9,11,13H2,1-4H3. The van der Waals surface area contributed by atoms with Gasteiger partial charge in [-0.2, -0.15) is 5.10 Å². The molecule has 0 spiro atoms. The van der Waals surface area contributed by atoms with E-state index in [0.717, 1.165) is 13.0 Å². The molecule has 120 valence electrons. The molecule has 1 N–H and O–H groups in total. The van der Waals surface area contributed by atoms with Crippen molar-refractivity contribution in [1.82, 2.24) is 15.1 Å². The Morgan fingerprint density at radius 2 is 2.00 bits per heavy atom. The lowest BCUT2D eigenvalue weighted by Crippen LogP contribution is -2.39. The maximum Gasteiger partial charge on any atom is 0.0640 e. The second kappa shape index (κ2) is 7.98. The lowest BCUT2D eigenvalue weighted by molar-refractivity contribution is 0.294. The number of nitrogens with zero attached hydrogens (tertiary/aromatic N) is 2. The quantitative estimate of drug-likeness (QED) is 0.778. The van der Waals surface area contributed by atoms with E-state index in [1.165, 1.54) is 37.8 Å². The largest absolute Gasteiger partial charge is 0.313 e. The molecule has 0 radical (unpaired) electrons. The smallest absolute Gasteiger partial charge is 0.0640 e. The Morgan fingerprint density at radius 3 is 2.62 bits per heavy atom. The normalized spacial score (nSPS) is 19.3. The molecule has 3 nitrogen and oxygen atoms in total. The van der Waals surface area contributed by atoms with E-state index in [0.29, 0.717) is 23.9 Å². The SMILES string of the molecule is CCCNC(Cc1ccn(C2CCCC2)n1)C(C)C(C)C. The molecule has 0 saturated heterocycles. The van der Waals surface area contributed by atoms with Crippen LogP contribution in [0.1, 0.15) is 71.5 Å². The second-order valence-electron chi connectivity index (χ2n) is 7.09.